The zero-order valence-corrected chi connectivity index (χ0v) is 19.0. The van der Waals surface area contributed by atoms with E-state index in [1.165, 1.54) is 0 Å². The van der Waals surface area contributed by atoms with Gasteiger partial charge in [0.2, 0.25) is 5.89 Å². The molecule has 1 aromatic carbocycles. The first-order chi connectivity index (χ1) is 12.6. The van der Waals surface area contributed by atoms with Crippen LogP contribution in [0.1, 0.15) is 30.6 Å². The maximum absolute atomic E-state index is 6.27. The number of aliphatic imine (C=N–C) groups is 1. The molecule has 1 aromatic heterocycles. The predicted molar refractivity (Wildman–Crippen MR) is 118 cm³/mol. The summed E-state index contributed by atoms with van der Waals surface area (Å²) in [5, 5.41) is 11.1. The number of benzene rings is 1. The maximum Gasteiger partial charge on any atom is 0.226 e. The van der Waals surface area contributed by atoms with Gasteiger partial charge in [0.1, 0.15) is 5.75 Å². The summed E-state index contributed by atoms with van der Waals surface area (Å²) >= 11 is 6.27. The second-order valence-corrected chi connectivity index (χ2v) is 6.14. The van der Waals surface area contributed by atoms with Crippen LogP contribution in [-0.4, -0.2) is 42.8 Å². The van der Waals surface area contributed by atoms with Crippen LogP contribution in [0.3, 0.4) is 0 Å². The normalized spacial score (nSPS) is 11.0. The molecule has 0 spiro atoms. The zero-order chi connectivity index (χ0) is 18.8. The maximum atomic E-state index is 6.27. The molecule has 27 heavy (non-hydrogen) atoms. The molecule has 1 heterocycles. The fourth-order valence-electron chi connectivity index (χ4n) is 2.38. The molecule has 0 aliphatic carbocycles. The van der Waals surface area contributed by atoms with Gasteiger partial charge in [0.25, 0.3) is 0 Å². The van der Waals surface area contributed by atoms with Crippen molar-refractivity contribution in [2.45, 2.75) is 33.1 Å². The Hall–Kier alpha value is -1.55. The Labute approximate surface area is 182 Å². The van der Waals surface area contributed by atoms with Crippen LogP contribution < -0.4 is 15.4 Å². The molecule has 150 valence electrons. The van der Waals surface area contributed by atoms with Crippen LogP contribution in [0.25, 0.3) is 0 Å². The molecule has 0 aliphatic rings. The van der Waals surface area contributed by atoms with Crippen LogP contribution in [0, 0.1) is 6.92 Å². The lowest BCUT2D eigenvalue weighted by molar-refractivity contribution is 0.372. The summed E-state index contributed by atoms with van der Waals surface area (Å²) in [5.41, 5.74) is 1.07. The first kappa shape index (κ1) is 23.5. The van der Waals surface area contributed by atoms with E-state index in [0.717, 1.165) is 49.6 Å². The SMILES string of the molecule is CCNC(=NCCCc1nc(C)no1)NCCc1ccc(OC)cc1Cl.I. The van der Waals surface area contributed by atoms with Crippen molar-refractivity contribution < 1.29 is 9.26 Å². The number of ether oxygens (including phenoxy) is 1. The van der Waals surface area contributed by atoms with E-state index < -0.39 is 0 Å². The Morgan fingerprint density at radius 2 is 2.11 bits per heavy atom. The number of methoxy groups -OCH3 is 1. The highest BCUT2D eigenvalue weighted by atomic mass is 127. The second-order valence-electron chi connectivity index (χ2n) is 5.73. The molecule has 2 rings (SSSR count). The molecule has 9 heteroatoms. The highest BCUT2D eigenvalue weighted by Gasteiger charge is 2.04. The Bertz CT molecular complexity index is 724. The van der Waals surface area contributed by atoms with Crippen LogP contribution in [0.15, 0.2) is 27.7 Å². The van der Waals surface area contributed by atoms with Gasteiger partial charge in [-0.2, -0.15) is 4.98 Å². The summed E-state index contributed by atoms with van der Waals surface area (Å²) in [7, 11) is 1.63. The van der Waals surface area contributed by atoms with Crippen molar-refractivity contribution in [3.8, 4) is 5.75 Å². The average Bonchev–Trinajstić information content (AvgIpc) is 3.05. The van der Waals surface area contributed by atoms with E-state index in [1.54, 1.807) is 7.11 Å². The Kier molecular flexibility index (Phi) is 11.1. The standard InChI is InChI=1S/C18H26ClN5O2.HI/c1-4-20-18(21-10-5-6-17-23-13(2)24-26-17)22-11-9-14-7-8-15(25-3)12-16(14)19;/h7-8,12H,4-6,9-11H2,1-3H3,(H2,20,21,22);1H. The quantitative estimate of drug-likeness (QED) is 0.234. The van der Waals surface area contributed by atoms with Gasteiger partial charge in [-0.15, -0.1) is 24.0 Å². The van der Waals surface area contributed by atoms with Crippen molar-refractivity contribution in [3.05, 3.63) is 40.5 Å². The van der Waals surface area contributed by atoms with E-state index >= 15 is 0 Å². The Balaban J connectivity index is 0.00000364. The molecule has 0 atom stereocenters. The molecule has 2 N–H and O–H groups in total. The molecule has 0 amide bonds. The number of hydrogen-bond acceptors (Lipinski definition) is 5. The summed E-state index contributed by atoms with van der Waals surface area (Å²) in [4.78, 5) is 8.76. The molecule has 0 radical (unpaired) electrons. The van der Waals surface area contributed by atoms with E-state index in [2.05, 4.69) is 25.8 Å². The summed E-state index contributed by atoms with van der Waals surface area (Å²) in [5.74, 6) is 2.87. The number of rotatable bonds is 9. The number of nitrogens with zero attached hydrogens (tertiary/aromatic N) is 3. The van der Waals surface area contributed by atoms with Crippen molar-refractivity contribution in [1.82, 2.24) is 20.8 Å². The minimum Gasteiger partial charge on any atom is -0.497 e. The smallest absolute Gasteiger partial charge is 0.226 e. The van der Waals surface area contributed by atoms with Gasteiger partial charge in [-0.1, -0.05) is 22.8 Å². The van der Waals surface area contributed by atoms with Gasteiger partial charge in [0, 0.05) is 31.1 Å². The van der Waals surface area contributed by atoms with Gasteiger partial charge in [-0.05, 0) is 44.4 Å². The zero-order valence-electron chi connectivity index (χ0n) is 15.9. The first-order valence-electron chi connectivity index (χ1n) is 8.76. The van der Waals surface area contributed by atoms with Gasteiger partial charge in [0.05, 0.1) is 7.11 Å². The molecule has 0 aliphatic heterocycles. The van der Waals surface area contributed by atoms with E-state index in [4.69, 9.17) is 20.9 Å². The van der Waals surface area contributed by atoms with Crippen molar-refractivity contribution in [3.63, 3.8) is 0 Å². The van der Waals surface area contributed by atoms with Gasteiger partial charge in [-0.3, -0.25) is 4.99 Å². The van der Waals surface area contributed by atoms with Crippen LogP contribution >= 0.6 is 35.6 Å². The Morgan fingerprint density at radius 3 is 2.74 bits per heavy atom. The Morgan fingerprint density at radius 1 is 1.30 bits per heavy atom. The van der Waals surface area contributed by atoms with E-state index in [-0.39, 0.29) is 24.0 Å². The highest BCUT2D eigenvalue weighted by Crippen LogP contribution is 2.22. The minimum absolute atomic E-state index is 0. The number of nitrogens with one attached hydrogen (secondary N) is 2. The largest absolute Gasteiger partial charge is 0.497 e. The number of aromatic nitrogens is 2. The summed E-state index contributed by atoms with van der Waals surface area (Å²) in [6.07, 6.45) is 2.38. The van der Waals surface area contributed by atoms with Gasteiger partial charge in [-0.25, -0.2) is 0 Å². The molecular weight excluding hydrogens is 481 g/mol. The average molecular weight is 508 g/mol. The third-order valence-electron chi connectivity index (χ3n) is 3.68. The van der Waals surface area contributed by atoms with Crippen molar-refractivity contribution in [1.29, 1.82) is 0 Å². The number of guanidine groups is 1. The lowest BCUT2D eigenvalue weighted by Crippen LogP contribution is -2.38. The van der Waals surface area contributed by atoms with Crippen molar-refractivity contribution in [2.75, 3.05) is 26.7 Å². The van der Waals surface area contributed by atoms with Crippen LogP contribution in [-0.2, 0) is 12.8 Å². The monoisotopic (exact) mass is 507 g/mol. The molecule has 2 aromatic rings. The first-order valence-corrected chi connectivity index (χ1v) is 9.14. The number of hydrogen-bond donors (Lipinski definition) is 2. The number of aryl methyl sites for hydroxylation is 2. The third-order valence-corrected chi connectivity index (χ3v) is 4.03. The third kappa shape index (κ3) is 8.34. The summed E-state index contributed by atoms with van der Waals surface area (Å²) in [6.45, 7) is 6.07. The molecule has 0 fully saturated rings. The second kappa shape index (κ2) is 12.8. The lowest BCUT2D eigenvalue weighted by atomic mass is 10.1. The topological polar surface area (TPSA) is 84.6 Å². The molecule has 7 nitrogen and oxygen atoms in total. The van der Waals surface area contributed by atoms with E-state index in [1.807, 2.05) is 32.0 Å². The summed E-state index contributed by atoms with van der Waals surface area (Å²) in [6, 6.07) is 5.73. The number of halogens is 2. The van der Waals surface area contributed by atoms with E-state index in [9.17, 15) is 0 Å². The molecule has 0 unspecified atom stereocenters. The van der Waals surface area contributed by atoms with Crippen molar-refractivity contribution >= 4 is 41.5 Å². The molecule has 0 saturated heterocycles. The van der Waals surface area contributed by atoms with Crippen LogP contribution in [0.5, 0.6) is 5.75 Å². The highest BCUT2D eigenvalue weighted by molar-refractivity contribution is 14.0. The predicted octanol–water partition coefficient (Wildman–Crippen LogP) is 3.39. The van der Waals surface area contributed by atoms with Gasteiger partial charge in [0.15, 0.2) is 11.8 Å². The fourth-order valence-corrected chi connectivity index (χ4v) is 2.64. The lowest BCUT2D eigenvalue weighted by Gasteiger charge is -2.12. The fraction of sp³-hybridized carbons (Fsp3) is 0.500. The summed E-state index contributed by atoms with van der Waals surface area (Å²) < 4.78 is 10.3. The molecule has 0 bridgehead atoms. The van der Waals surface area contributed by atoms with Crippen molar-refractivity contribution in [2.24, 2.45) is 4.99 Å². The molecular formula is C18H27ClIN5O2. The van der Waals surface area contributed by atoms with Gasteiger partial charge < -0.3 is 19.9 Å². The van der Waals surface area contributed by atoms with Crippen LogP contribution in [0.2, 0.25) is 5.02 Å². The minimum atomic E-state index is 0. The van der Waals surface area contributed by atoms with E-state index in [0.29, 0.717) is 23.3 Å². The molecule has 0 saturated carbocycles. The van der Waals surface area contributed by atoms with Crippen LogP contribution in [0.4, 0.5) is 0 Å². The van der Waals surface area contributed by atoms with Gasteiger partial charge >= 0.3 is 0 Å².